The van der Waals surface area contributed by atoms with Gasteiger partial charge in [0.1, 0.15) is 5.01 Å². The van der Waals surface area contributed by atoms with Crippen LogP contribution in [-0.4, -0.2) is 34.2 Å². The average molecular weight is 320 g/mol. The highest BCUT2D eigenvalue weighted by molar-refractivity contribution is 7.15. The van der Waals surface area contributed by atoms with Gasteiger partial charge in [0.05, 0.1) is 0 Å². The summed E-state index contributed by atoms with van der Waals surface area (Å²) in [7, 11) is 0. The minimum atomic E-state index is -0.102. The number of carbonyl (C=O) groups is 1. The summed E-state index contributed by atoms with van der Waals surface area (Å²) in [6.07, 6.45) is 3.86. The lowest BCUT2D eigenvalue weighted by molar-refractivity contribution is 0.217. The van der Waals surface area contributed by atoms with Crippen LogP contribution in [0.1, 0.15) is 23.2 Å². The summed E-state index contributed by atoms with van der Waals surface area (Å²) in [5.74, 6) is 0. The molecule has 0 atom stereocenters. The Bertz CT molecular complexity index is 648. The second-order valence-electron chi connectivity index (χ2n) is 4.69. The molecule has 0 saturated carbocycles. The maximum absolute atomic E-state index is 12.2. The molecule has 5 nitrogen and oxygen atoms in total. The Morgan fingerprint density at radius 2 is 2.38 bits per heavy atom. The van der Waals surface area contributed by atoms with E-state index in [1.165, 1.54) is 21.8 Å². The third-order valence-electron chi connectivity index (χ3n) is 3.32. The van der Waals surface area contributed by atoms with Crippen LogP contribution in [0.25, 0.3) is 5.57 Å². The standard InChI is InChI=1S/C14H16N4OS2/c1-2-12-16-17-13(21-12)15-14(19)18-7-5-10(6-8-18)11-4-3-9-20-11/h3-5,9H,2,6-8H2,1H3,(H,15,17,19). The van der Waals surface area contributed by atoms with Crippen molar-refractivity contribution in [1.29, 1.82) is 0 Å². The molecule has 0 fully saturated rings. The summed E-state index contributed by atoms with van der Waals surface area (Å²) in [6, 6.07) is 4.08. The maximum Gasteiger partial charge on any atom is 0.323 e. The van der Waals surface area contributed by atoms with Crippen LogP contribution in [0.3, 0.4) is 0 Å². The van der Waals surface area contributed by atoms with E-state index in [1.54, 1.807) is 16.2 Å². The molecular weight excluding hydrogens is 304 g/mol. The van der Waals surface area contributed by atoms with Crippen molar-refractivity contribution in [2.24, 2.45) is 0 Å². The van der Waals surface area contributed by atoms with E-state index < -0.39 is 0 Å². The molecule has 0 saturated heterocycles. The van der Waals surface area contributed by atoms with Gasteiger partial charge in [-0.25, -0.2) is 4.79 Å². The summed E-state index contributed by atoms with van der Waals surface area (Å²) < 4.78 is 0. The van der Waals surface area contributed by atoms with Crippen molar-refractivity contribution in [2.45, 2.75) is 19.8 Å². The van der Waals surface area contributed by atoms with Gasteiger partial charge < -0.3 is 4.90 Å². The highest BCUT2D eigenvalue weighted by atomic mass is 32.1. The van der Waals surface area contributed by atoms with Gasteiger partial charge in [0.2, 0.25) is 5.13 Å². The average Bonchev–Trinajstić information content (AvgIpc) is 3.19. The van der Waals surface area contributed by atoms with Crippen LogP contribution in [0.2, 0.25) is 0 Å². The van der Waals surface area contributed by atoms with Crippen molar-refractivity contribution < 1.29 is 4.79 Å². The van der Waals surface area contributed by atoms with Crippen LogP contribution in [0.4, 0.5) is 9.93 Å². The zero-order valence-electron chi connectivity index (χ0n) is 11.7. The molecule has 110 valence electrons. The molecule has 7 heteroatoms. The first-order valence-electron chi connectivity index (χ1n) is 6.87. The fourth-order valence-electron chi connectivity index (χ4n) is 2.16. The molecule has 2 amide bonds. The minimum absolute atomic E-state index is 0.102. The minimum Gasteiger partial charge on any atom is -0.320 e. The van der Waals surface area contributed by atoms with E-state index in [1.807, 2.05) is 6.92 Å². The number of carbonyl (C=O) groups excluding carboxylic acids is 1. The Labute approximate surface area is 131 Å². The van der Waals surface area contributed by atoms with Crippen LogP contribution >= 0.6 is 22.7 Å². The quantitative estimate of drug-likeness (QED) is 0.942. The van der Waals surface area contributed by atoms with Gasteiger partial charge in [0.15, 0.2) is 0 Å². The van der Waals surface area contributed by atoms with E-state index in [0.29, 0.717) is 11.7 Å². The molecule has 1 aliphatic rings. The van der Waals surface area contributed by atoms with Gasteiger partial charge in [-0.3, -0.25) is 5.32 Å². The number of thiophene rings is 1. The second kappa shape index (κ2) is 6.36. The maximum atomic E-state index is 12.2. The predicted octanol–water partition coefficient (Wildman–Crippen LogP) is 3.48. The third-order valence-corrected chi connectivity index (χ3v) is 5.25. The Hall–Kier alpha value is -1.73. The molecular formula is C14H16N4OS2. The molecule has 3 heterocycles. The SMILES string of the molecule is CCc1nnc(NC(=O)N2CC=C(c3cccs3)CC2)s1. The van der Waals surface area contributed by atoms with Crippen LogP contribution in [-0.2, 0) is 6.42 Å². The molecule has 1 N–H and O–H groups in total. The lowest BCUT2D eigenvalue weighted by Crippen LogP contribution is -2.37. The van der Waals surface area contributed by atoms with Crippen LogP contribution in [0, 0.1) is 0 Å². The van der Waals surface area contributed by atoms with Gasteiger partial charge >= 0.3 is 6.03 Å². The number of rotatable bonds is 3. The van der Waals surface area contributed by atoms with Crippen LogP contribution < -0.4 is 5.32 Å². The fourth-order valence-corrected chi connectivity index (χ4v) is 3.62. The number of hydrogen-bond acceptors (Lipinski definition) is 5. The molecule has 0 aliphatic carbocycles. The molecule has 3 rings (SSSR count). The topological polar surface area (TPSA) is 58.1 Å². The van der Waals surface area contributed by atoms with Crippen molar-refractivity contribution in [3.8, 4) is 0 Å². The first-order valence-corrected chi connectivity index (χ1v) is 8.57. The first kappa shape index (κ1) is 14.2. The summed E-state index contributed by atoms with van der Waals surface area (Å²) in [5, 5.41) is 14.4. The smallest absolute Gasteiger partial charge is 0.320 e. The molecule has 0 spiro atoms. The van der Waals surface area contributed by atoms with Crippen LogP contribution in [0.5, 0.6) is 0 Å². The van der Waals surface area contributed by atoms with Crippen molar-refractivity contribution in [3.63, 3.8) is 0 Å². The van der Waals surface area contributed by atoms with Gasteiger partial charge in [0.25, 0.3) is 0 Å². The predicted molar refractivity (Wildman–Crippen MR) is 86.8 cm³/mol. The van der Waals surface area contributed by atoms with E-state index in [0.717, 1.165) is 24.4 Å². The highest BCUT2D eigenvalue weighted by Crippen LogP contribution is 2.26. The van der Waals surface area contributed by atoms with Gasteiger partial charge in [0, 0.05) is 18.0 Å². The summed E-state index contributed by atoms with van der Waals surface area (Å²) in [4.78, 5) is 15.3. The second-order valence-corrected chi connectivity index (χ2v) is 6.70. The normalized spacial score (nSPS) is 14.9. The first-order chi connectivity index (χ1) is 10.3. The molecule has 2 aromatic heterocycles. The van der Waals surface area contributed by atoms with Gasteiger partial charge in [-0.2, -0.15) is 0 Å². The number of anilines is 1. The number of aromatic nitrogens is 2. The van der Waals surface area contributed by atoms with E-state index in [-0.39, 0.29) is 6.03 Å². The Balaban J connectivity index is 1.60. The molecule has 0 aromatic carbocycles. The van der Waals surface area contributed by atoms with Gasteiger partial charge in [-0.05, 0) is 29.9 Å². The molecule has 0 bridgehead atoms. The number of amides is 2. The Morgan fingerprint density at radius 3 is 3.00 bits per heavy atom. The van der Waals surface area contributed by atoms with E-state index >= 15 is 0 Å². The lowest BCUT2D eigenvalue weighted by Gasteiger charge is -2.25. The fraction of sp³-hybridized carbons (Fsp3) is 0.357. The lowest BCUT2D eigenvalue weighted by atomic mass is 10.1. The van der Waals surface area contributed by atoms with E-state index in [2.05, 4.69) is 39.1 Å². The molecule has 1 aliphatic heterocycles. The van der Waals surface area contributed by atoms with Crippen molar-refractivity contribution in [3.05, 3.63) is 33.5 Å². The molecule has 0 unspecified atom stereocenters. The number of aryl methyl sites for hydroxylation is 1. The Kier molecular flexibility index (Phi) is 4.31. The highest BCUT2D eigenvalue weighted by Gasteiger charge is 2.19. The summed E-state index contributed by atoms with van der Waals surface area (Å²) in [5.41, 5.74) is 1.33. The molecule has 2 aromatic rings. The third kappa shape index (κ3) is 3.30. The largest absolute Gasteiger partial charge is 0.323 e. The Morgan fingerprint density at radius 1 is 1.48 bits per heavy atom. The zero-order chi connectivity index (χ0) is 14.7. The summed E-state index contributed by atoms with van der Waals surface area (Å²) in [6.45, 7) is 3.39. The van der Waals surface area contributed by atoms with Crippen LogP contribution in [0.15, 0.2) is 23.6 Å². The number of hydrogen-bond donors (Lipinski definition) is 1. The van der Waals surface area contributed by atoms with Crippen molar-refractivity contribution >= 4 is 39.4 Å². The number of urea groups is 1. The molecule has 0 radical (unpaired) electrons. The number of nitrogens with one attached hydrogen (secondary N) is 1. The monoisotopic (exact) mass is 320 g/mol. The van der Waals surface area contributed by atoms with E-state index in [9.17, 15) is 4.79 Å². The molecule has 21 heavy (non-hydrogen) atoms. The van der Waals surface area contributed by atoms with Gasteiger partial charge in [-0.1, -0.05) is 30.4 Å². The van der Waals surface area contributed by atoms with E-state index in [4.69, 9.17) is 0 Å². The van der Waals surface area contributed by atoms with Crippen molar-refractivity contribution in [1.82, 2.24) is 15.1 Å². The number of nitrogens with zero attached hydrogens (tertiary/aromatic N) is 3. The van der Waals surface area contributed by atoms with Gasteiger partial charge in [-0.15, -0.1) is 21.5 Å². The summed E-state index contributed by atoms with van der Waals surface area (Å²) >= 11 is 3.17. The zero-order valence-corrected chi connectivity index (χ0v) is 13.3. The van der Waals surface area contributed by atoms with Crippen molar-refractivity contribution in [2.75, 3.05) is 18.4 Å².